The van der Waals surface area contributed by atoms with Crippen LogP contribution in [0.4, 0.5) is 0 Å². The molecule has 18 heavy (non-hydrogen) atoms. The predicted octanol–water partition coefficient (Wildman–Crippen LogP) is 2.84. The van der Waals surface area contributed by atoms with E-state index in [0.717, 1.165) is 19.3 Å². The fourth-order valence-corrected chi connectivity index (χ4v) is 3.18. The van der Waals surface area contributed by atoms with Crippen molar-refractivity contribution in [3.63, 3.8) is 0 Å². The molecule has 106 valence electrons. The van der Waals surface area contributed by atoms with Crippen LogP contribution in [0, 0.1) is 5.92 Å². The lowest BCUT2D eigenvalue weighted by Gasteiger charge is -2.30. The van der Waals surface area contributed by atoms with E-state index < -0.39 is 0 Å². The Bertz CT molecular complexity index is 248. The molecule has 3 nitrogen and oxygen atoms in total. The van der Waals surface area contributed by atoms with E-state index in [0.29, 0.717) is 18.7 Å². The van der Waals surface area contributed by atoms with Gasteiger partial charge in [0, 0.05) is 12.1 Å². The van der Waals surface area contributed by atoms with Crippen LogP contribution < -0.4 is 5.32 Å². The molecule has 3 atom stereocenters. The number of esters is 1. The second kappa shape index (κ2) is 8.81. The van der Waals surface area contributed by atoms with Gasteiger partial charge in [-0.25, -0.2) is 0 Å². The molecule has 1 aliphatic rings. The lowest BCUT2D eigenvalue weighted by Crippen LogP contribution is -2.41. The van der Waals surface area contributed by atoms with Gasteiger partial charge in [-0.05, 0) is 51.5 Å². The van der Waals surface area contributed by atoms with Crippen molar-refractivity contribution in [3.05, 3.63) is 0 Å². The molecule has 0 aromatic heterocycles. The summed E-state index contributed by atoms with van der Waals surface area (Å²) in [6, 6.07) is 1.04. The SMILES string of the molecule is CCOC(=O)C1CCCC(NC(C)CCSC)C1. The Balaban J connectivity index is 2.32. The summed E-state index contributed by atoms with van der Waals surface area (Å²) in [5.41, 5.74) is 0. The Morgan fingerprint density at radius 1 is 1.50 bits per heavy atom. The van der Waals surface area contributed by atoms with Crippen LogP contribution in [0.25, 0.3) is 0 Å². The van der Waals surface area contributed by atoms with Gasteiger partial charge in [-0.1, -0.05) is 6.42 Å². The molecule has 0 aromatic carbocycles. The fourth-order valence-electron chi connectivity index (χ4n) is 2.60. The normalized spacial score (nSPS) is 25.7. The van der Waals surface area contributed by atoms with E-state index >= 15 is 0 Å². The van der Waals surface area contributed by atoms with Crippen molar-refractivity contribution in [2.45, 2.75) is 58.0 Å². The maximum Gasteiger partial charge on any atom is 0.308 e. The Morgan fingerprint density at radius 2 is 2.28 bits per heavy atom. The van der Waals surface area contributed by atoms with E-state index in [-0.39, 0.29) is 11.9 Å². The number of carbonyl (C=O) groups is 1. The van der Waals surface area contributed by atoms with E-state index in [1.54, 1.807) is 0 Å². The number of thioether (sulfide) groups is 1. The molecule has 0 amide bonds. The highest BCUT2D eigenvalue weighted by molar-refractivity contribution is 7.98. The summed E-state index contributed by atoms with van der Waals surface area (Å²) in [6.45, 7) is 4.61. The van der Waals surface area contributed by atoms with Gasteiger partial charge in [-0.3, -0.25) is 4.79 Å². The molecule has 0 bridgehead atoms. The smallest absolute Gasteiger partial charge is 0.308 e. The molecular weight excluding hydrogens is 246 g/mol. The van der Waals surface area contributed by atoms with Gasteiger partial charge >= 0.3 is 5.97 Å². The van der Waals surface area contributed by atoms with E-state index in [1.165, 1.54) is 18.6 Å². The number of rotatable bonds is 7. The molecule has 0 aromatic rings. The van der Waals surface area contributed by atoms with Crippen LogP contribution in [0.5, 0.6) is 0 Å². The van der Waals surface area contributed by atoms with Crippen LogP contribution >= 0.6 is 11.8 Å². The third kappa shape index (κ3) is 5.61. The summed E-state index contributed by atoms with van der Waals surface area (Å²) >= 11 is 1.89. The van der Waals surface area contributed by atoms with Gasteiger partial charge in [0.15, 0.2) is 0 Å². The van der Waals surface area contributed by atoms with Gasteiger partial charge in [-0.2, -0.15) is 11.8 Å². The number of carbonyl (C=O) groups excluding carboxylic acids is 1. The van der Waals surface area contributed by atoms with Crippen molar-refractivity contribution < 1.29 is 9.53 Å². The molecule has 1 N–H and O–H groups in total. The summed E-state index contributed by atoms with van der Waals surface area (Å²) in [5, 5.41) is 3.66. The molecule has 1 rings (SSSR count). The standard InChI is InChI=1S/C14H27NO2S/c1-4-17-14(16)12-6-5-7-13(10-12)15-11(2)8-9-18-3/h11-13,15H,4-10H2,1-3H3. The van der Waals surface area contributed by atoms with Crippen LogP contribution in [0.1, 0.15) is 46.0 Å². The molecule has 0 aliphatic heterocycles. The second-order valence-corrected chi connectivity index (χ2v) is 6.15. The second-order valence-electron chi connectivity index (χ2n) is 5.16. The summed E-state index contributed by atoms with van der Waals surface area (Å²) in [4.78, 5) is 11.7. The van der Waals surface area contributed by atoms with Crippen LogP contribution in [0.15, 0.2) is 0 Å². The molecule has 0 saturated heterocycles. The summed E-state index contributed by atoms with van der Waals surface area (Å²) in [6.07, 6.45) is 7.61. The first kappa shape index (κ1) is 15.8. The Morgan fingerprint density at radius 3 is 2.94 bits per heavy atom. The monoisotopic (exact) mass is 273 g/mol. The first-order valence-corrected chi connectivity index (χ1v) is 8.48. The minimum Gasteiger partial charge on any atom is -0.466 e. The van der Waals surface area contributed by atoms with E-state index in [9.17, 15) is 4.79 Å². The molecule has 0 heterocycles. The average Bonchev–Trinajstić information content (AvgIpc) is 2.37. The largest absolute Gasteiger partial charge is 0.466 e. The van der Waals surface area contributed by atoms with Crippen LogP contribution in [-0.2, 0) is 9.53 Å². The Kier molecular flexibility index (Phi) is 7.75. The number of nitrogens with one attached hydrogen (secondary N) is 1. The summed E-state index contributed by atoms with van der Waals surface area (Å²) in [5.74, 6) is 1.31. The summed E-state index contributed by atoms with van der Waals surface area (Å²) < 4.78 is 5.13. The molecular formula is C14H27NO2S. The number of hydrogen-bond donors (Lipinski definition) is 1. The van der Waals surface area contributed by atoms with Gasteiger partial charge in [-0.15, -0.1) is 0 Å². The molecule has 1 aliphatic carbocycles. The van der Waals surface area contributed by atoms with Gasteiger partial charge in [0.25, 0.3) is 0 Å². The Hall–Kier alpha value is -0.220. The first-order valence-electron chi connectivity index (χ1n) is 7.09. The number of hydrogen-bond acceptors (Lipinski definition) is 4. The van der Waals surface area contributed by atoms with E-state index in [1.807, 2.05) is 18.7 Å². The van der Waals surface area contributed by atoms with Gasteiger partial charge in [0.1, 0.15) is 0 Å². The zero-order valence-corrected chi connectivity index (χ0v) is 12.7. The van der Waals surface area contributed by atoms with Crippen molar-refractivity contribution in [3.8, 4) is 0 Å². The minimum atomic E-state index is 0.000710. The third-order valence-corrected chi connectivity index (χ3v) is 4.21. The highest BCUT2D eigenvalue weighted by Gasteiger charge is 2.28. The topological polar surface area (TPSA) is 38.3 Å². The average molecular weight is 273 g/mol. The summed E-state index contributed by atoms with van der Waals surface area (Å²) in [7, 11) is 0. The maximum atomic E-state index is 11.7. The van der Waals surface area contributed by atoms with Crippen LogP contribution in [0.2, 0.25) is 0 Å². The molecule has 4 heteroatoms. The zero-order chi connectivity index (χ0) is 13.4. The molecule has 1 fully saturated rings. The maximum absolute atomic E-state index is 11.7. The van der Waals surface area contributed by atoms with E-state index in [4.69, 9.17) is 4.74 Å². The highest BCUT2D eigenvalue weighted by atomic mass is 32.2. The predicted molar refractivity (Wildman–Crippen MR) is 78.0 cm³/mol. The molecule has 0 spiro atoms. The van der Waals surface area contributed by atoms with E-state index in [2.05, 4.69) is 18.5 Å². The van der Waals surface area contributed by atoms with Crippen molar-refractivity contribution in [2.75, 3.05) is 18.6 Å². The Labute approximate surface area is 115 Å². The fraction of sp³-hybridized carbons (Fsp3) is 0.929. The quantitative estimate of drug-likeness (QED) is 0.724. The van der Waals surface area contributed by atoms with Crippen molar-refractivity contribution in [1.82, 2.24) is 5.32 Å². The van der Waals surface area contributed by atoms with Crippen molar-refractivity contribution >= 4 is 17.7 Å². The lowest BCUT2D eigenvalue weighted by molar-refractivity contribution is -0.149. The van der Waals surface area contributed by atoms with Crippen LogP contribution in [0.3, 0.4) is 0 Å². The van der Waals surface area contributed by atoms with Crippen molar-refractivity contribution in [2.24, 2.45) is 5.92 Å². The number of ether oxygens (including phenoxy) is 1. The third-order valence-electron chi connectivity index (χ3n) is 3.57. The molecule has 3 unspecified atom stereocenters. The van der Waals surface area contributed by atoms with Gasteiger partial charge in [0.2, 0.25) is 0 Å². The molecule has 1 saturated carbocycles. The highest BCUT2D eigenvalue weighted by Crippen LogP contribution is 2.26. The minimum absolute atomic E-state index is 0.000710. The first-order chi connectivity index (χ1) is 8.67. The van der Waals surface area contributed by atoms with Gasteiger partial charge < -0.3 is 10.1 Å². The zero-order valence-electron chi connectivity index (χ0n) is 11.9. The van der Waals surface area contributed by atoms with Crippen molar-refractivity contribution in [1.29, 1.82) is 0 Å². The lowest BCUT2D eigenvalue weighted by atomic mass is 9.85. The van der Waals surface area contributed by atoms with Gasteiger partial charge in [0.05, 0.1) is 12.5 Å². The van der Waals surface area contributed by atoms with Crippen LogP contribution in [-0.4, -0.2) is 36.7 Å². The molecule has 0 radical (unpaired) electrons.